The molecule has 2 aromatic rings. The summed E-state index contributed by atoms with van der Waals surface area (Å²) in [6.45, 7) is 2.45. The zero-order valence-electron chi connectivity index (χ0n) is 13.9. The Kier molecular flexibility index (Phi) is 3.70. The first-order chi connectivity index (χ1) is 11.9. The summed E-state index contributed by atoms with van der Waals surface area (Å²) in [6.07, 6.45) is 1.28. The first-order valence-corrected chi connectivity index (χ1v) is 9.76. The van der Waals surface area contributed by atoms with Gasteiger partial charge in [-0.15, -0.1) is 0 Å². The quantitative estimate of drug-likeness (QED) is 0.776. The number of esters is 1. The van der Waals surface area contributed by atoms with E-state index in [0.717, 1.165) is 11.1 Å². The van der Waals surface area contributed by atoms with Gasteiger partial charge in [-0.1, -0.05) is 30.3 Å². The third kappa shape index (κ3) is 2.56. The minimum atomic E-state index is -3.63. The number of fused-ring (bicyclic) bond motifs is 2. The van der Waals surface area contributed by atoms with Crippen molar-refractivity contribution in [3.05, 3.63) is 65.2 Å². The monoisotopic (exact) mass is 357 g/mol. The van der Waals surface area contributed by atoms with Crippen molar-refractivity contribution in [1.82, 2.24) is 4.31 Å². The lowest BCUT2D eigenvalue weighted by atomic mass is 9.86. The van der Waals surface area contributed by atoms with Gasteiger partial charge in [0.15, 0.2) is 5.60 Å². The second kappa shape index (κ2) is 5.68. The Morgan fingerprint density at radius 3 is 2.72 bits per heavy atom. The summed E-state index contributed by atoms with van der Waals surface area (Å²) in [4.78, 5) is 12.5. The van der Waals surface area contributed by atoms with E-state index in [2.05, 4.69) is 0 Å². The van der Waals surface area contributed by atoms with E-state index in [1.54, 1.807) is 30.3 Å². The Morgan fingerprint density at radius 2 is 1.92 bits per heavy atom. The summed E-state index contributed by atoms with van der Waals surface area (Å²) < 4.78 is 33.3. The maximum absolute atomic E-state index is 13.1. The van der Waals surface area contributed by atoms with E-state index in [-0.39, 0.29) is 17.4 Å². The molecule has 1 spiro atoms. The van der Waals surface area contributed by atoms with Crippen LogP contribution >= 0.6 is 0 Å². The number of carbonyl (C=O) groups excluding carboxylic acids is 1. The molecule has 0 bridgehead atoms. The second-order valence-electron chi connectivity index (χ2n) is 6.69. The van der Waals surface area contributed by atoms with Crippen LogP contribution in [0.25, 0.3) is 0 Å². The molecule has 0 amide bonds. The van der Waals surface area contributed by atoms with Crippen LogP contribution in [0, 0.1) is 6.92 Å². The molecule has 6 heteroatoms. The second-order valence-corrected chi connectivity index (χ2v) is 8.63. The number of aryl methyl sites for hydroxylation is 1. The molecule has 1 unspecified atom stereocenters. The van der Waals surface area contributed by atoms with E-state index in [9.17, 15) is 13.2 Å². The highest BCUT2D eigenvalue weighted by Crippen LogP contribution is 2.43. The third-order valence-corrected chi connectivity index (χ3v) is 6.81. The predicted octanol–water partition coefficient (Wildman–Crippen LogP) is 2.85. The van der Waals surface area contributed by atoms with Crippen LogP contribution in [0.1, 0.15) is 34.3 Å². The van der Waals surface area contributed by atoms with Crippen LogP contribution in [-0.2, 0) is 20.4 Å². The van der Waals surface area contributed by atoms with Gasteiger partial charge < -0.3 is 4.74 Å². The number of sulfonamides is 1. The van der Waals surface area contributed by atoms with Crippen LogP contribution < -0.4 is 0 Å². The Bertz CT molecular complexity index is 953. The van der Waals surface area contributed by atoms with Crippen molar-refractivity contribution in [1.29, 1.82) is 0 Å². The molecule has 5 nitrogen and oxygen atoms in total. The standard InChI is InChI=1S/C19H19NO4S/c1-14-6-4-7-15(12-14)25(22,23)20-11-5-10-19(13-20)17-9-3-2-8-16(17)18(21)24-19/h2-4,6-9,12H,5,10-11,13H2,1H3. The van der Waals surface area contributed by atoms with Crippen LogP contribution in [0.3, 0.4) is 0 Å². The molecule has 1 fully saturated rings. The van der Waals surface area contributed by atoms with Crippen molar-refractivity contribution in [2.45, 2.75) is 30.3 Å². The molecule has 2 aromatic carbocycles. The van der Waals surface area contributed by atoms with Crippen molar-refractivity contribution in [3.63, 3.8) is 0 Å². The molecule has 1 saturated heterocycles. The van der Waals surface area contributed by atoms with Crippen molar-refractivity contribution in [3.8, 4) is 0 Å². The average Bonchev–Trinajstić information content (AvgIpc) is 2.87. The molecule has 0 aliphatic carbocycles. The molecule has 2 aliphatic heterocycles. The van der Waals surface area contributed by atoms with Gasteiger partial charge in [-0.25, -0.2) is 13.2 Å². The molecular weight excluding hydrogens is 338 g/mol. The normalized spacial score (nSPS) is 23.5. The number of rotatable bonds is 2. The number of nitrogens with zero attached hydrogens (tertiary/aromatic N) is 1. The van der Waals surface area contributed by atoms with Crippen molar-refractivity contribution in [2.75, 3.05) is 13.1 Å². The first-order valence-electron chi connectivity index (χ1n) is 8.32. The number of benzene rings is 2. The van der Waals surface area contributed by atoms with Crippen LogP contribution in [-0.4, -0.2) is 31.8 Å². The van der Waals surface area contributed by atoms with Crippen molar-refractivity contribution < 1.29 is 17.9 Å². The van der Waals surface area contributed by atoms with Gasteiger partial charge in [-0.2, -0.15) is 4.31 Å². The predicted molar refractivity (Wildman–Crippen MR) is 92.7 cm³/mol. The minimum Gasteiger partial charge on any atom is -0.449 e. The van der Waals surface area contributed by atoms with E-state index in [4.69, 9.17) is 4.74 Å². The number of carbonyl (C=O) groups is 1. The first kappa shape index (κ1) is 16.3. The third-order valence-electron chi connectivity index (χ3n) is 4.97. The topological polar surface area (TPSA) is 63.7 Å². The number of ether oxygens (including phenoxy) is 1. The van der Waals surface area contributed by atoms with Crippen molar-refractivity contribution >= 4 is 16.0 Å². The molecular formula is C19H19NO4S. The maximum atomic E-state index is 13.1. The lowest BCUT2D eigenvalue weighted by Crippen LogP contribution is -2.48. The van der Waals surface area contributed by atoms with E-state index in [0.29, 0.717) is 24.9 Å². The molecule has 0 radical (unpaired) electrons. The van der Waals surface area contributed by atoms with Gasteiger partial charge in [-0.3, -0.25) is 0 Å². The van der Waals surface area contributed by atoms with Gasteiger partial charge in [0, 0.05) is 12.1 Å². The summed E-state index contributed by atoms with van der Waals surface area (Å²) in [5.74, 6) is -0.370. The van der Waals surface area contributed by atoms with Crippen LogP contribution in [0.5, 0.6) is 0 Å². The SMILES string of the molecule is Cc1cccc(S(=O)(=O)N2CCCC3(C2)OC(=O)c2ccccc23)c1. The Balaban J connectivity index is 1.72. The lowest BCUT2D eigenvalue weighted by Gasteiger charge is -2.38. The molecule has 130 valence electrons. The fourth-order valence-electron chi connectivity index (χ4n) is 3.76. The van der Waals surface area contributed by atoms with Gasteiger partial charge in [-0.05, 0) is 43.5 Å². The highest BCUT2D eigenvalue weighted by molar-refractivity contribution is 7.89. The van der Waals surface area contributed by atoms with E-state index in [1.165, 1.54) is 4.31 Å². The molecule has 25 heavy (non-hydrogen) atoms. The Labute approximate surface area is 147 Å². The average molecular weight is 357 g/mol. The Hall–Kier alpha value is -2.18. The number of piperidine rings is 1. The molecule has 2 heterocycles. The zero-order chi connectivity index (χ0) is 17.7. The van der Waals surface area contributed by atoms with Gasteiger partial charge in [0.25, 0.3) is 0 Å². The van der Waals surface area contributed by atoms with Gasteiger partial charge in [0.1, 0.15) is 0 Å². The van der Waals surface area contributed by atoms with Crippen LogP contribution in [0.4, 0.5) is 0 Å². The van der Waals surface area contributed by atoms with E-state index < -0.39 is 15.6 Å². The Morgan fingerprint density at radius 1 is 1.12 bits per heavy atom. The van der Waals surface area contributed by atoms with Crippen LogP contribution in [0.2, 0.25) is 0 Å². The summed E-state index contributed by atoms with van der Waals surface area (Å²) in [6, 6.07) is 14.1. The van der Waals surface area contributed by atoms with Gasteiger partial charge >= 0.3 is 5.97 Å². The molecule has 2 aliphatic rings. The maximum Gasteiger partial charge on any atom is 0.339 e. The highest BCUT2D eigenvalue weighted by atomic mass is 32.2. The molecule has 0 saturated carbocycles. The number of hydrogen-bond acceptors (Lipinski definition) is 4. The molecule has 4 rings (SSSR count). The molecule has 0 aromatic heterocycles. The van der Waals surface area contributed by atoms with Gasteiger partial charge in [0.2, 0.25) is 10.0 Å². The van der Waals surface area contributed by atoms with Crippen LogP contribution in [0.15, 0.2) is 53.4 Å². The minimum absolute atomic E-state index is 0.159. The number of hydrogen-bond donors (Lipinski definition) is 0. The summed E-state index contributed by atoms with van der Waals surface area (Å²) >= 11 is 0. The summed E-state index contributed by atoms with van der Waals surface area (Å²) in [7, 11) is -3.63. The smallest absolute Gasteiger partial charge is 0.339 e. The fourth-order valence-corrected chi connectivity index (χ4v) is 5.39. The van der Waals surface area contributed by atoms with Crippen molar-refractivity contribution in [2.24, 2.45) is 0 Å². The zero-order valence-corrected chi connectivity index (χ0v) is 14.8. The summed E-state index contributed by atoms with van der Waals surface area (Å²) in [5, 5.41) is 0. The highest BCUT2D eigenvalue weighted by Gasteiger charge is 2.50. The summed E-state index contributed by atoms with van der Waals surface area (Å²) in [5.41, 5.74) is 1.36. The molecule has 0 N–H and O–H groups in total. The lowest BCUT2D eigenvalue weighted by molar-refractivity contribution is -0.0345. The largest absolute Gasteiger partial charge is 0.449 e. The molecule has 1 atom stereocenters. The van der Waals surface area contributed by atoms with E-state index in [1.807, 2.05) is 25.1 Å². The van der Waals surface area contributed by atoms with Gasteiger partial charge in [0.05, 0.1) is 17.0 Å². The fraction of sp³-hybridized carbons (Fsp3) is 0.316. The van der Waals surface area contributed by atoms with E-state index >= 15 is 0 Å².